The fraction of sp³-hybridized carbons (Fsp3) is 0.429. The minimum absolute atomic E-state index is 0.0115. The average molecular weight is 381 g/mol. The van der Waals surface area contributed by atoms with E-state index >= 15 is 0 Å². The van der Waals surface area contributed by atoms with Gasteiger partial charge in [0, 0.05) is 48.6 Å². The molecule has 2 heterocycles. The van der Waals surface area contributed by atoms with E-state index in [-0.39, 0.29) is 29.8 Å². The van der Waals surface area contributed by atoms with E-state index in [1.54, 1.807) is 24.1 Å². The Labute approximate surface area is 165 Å². The molecule has 1 aromatic heterocycles. The fourth-order valence-electron chi connectivity index (χ4n) is 3.77. The average Bonchev–Trinajstić information content (AvgIpc) is 2.65. The highest BCUT2D eigenvalue weighted by molar-refractivity contribution is 5.97. The van der Waals surface area contributed by atoms with E-state index in [9.17, 15) is 9.59 Å². The molecule has 1 aliphatic heterocycles. The van der Waals surface area contributed by atoms with E-state index in [0.29, 0.717) is 18.1 Å². The van der Waals surface area contributed by atoms with Crippen LogP contribution < -0.4 is 15.5 Å². The number of aromatic nitrogens is 2. The van der Waals surface area contributed by atoms with Crippen molar-refractivity contribution in [3.05, 3.63) is 47.3 Å². The maximum Gasteiger partial charge on any atom is 0.251 e. The van der Waals surface area contributed by atoms with Crippen LogP contribution in [0.5, 0.6) is 0 Å². The van der Waals surface area contributed by atoms with Crippen LogP contribution in [0.25, 0.3) is 0 Å². The Morgan fingerprint density at radius 3 is 2.61 bits per heavy atom. The van der Waals surface area contributed by atoms with Gasteiger partial charge < -0.3 is 15.5 Å². The number of nitrogens with one attached hydrogen (secondary N) is 2. The van der Waals surface area contributed by atoms with Crippen LogP contribution in [0.4, 0.5) is 11.6 Å². The minimum atomic E-state index is -0.128. The molecule has 0 saturated heterocycles. The third kappa shape index (κ3) is 3.69. The van der Waals surface area contributed by atoms with Crippen LogP contribution in [0.1, 0.15) is 55.4 Å². The van der Waals surface area contributed by atoms with Gasteiger partial charge in [0.2, 0.25) is 11.9 Å². The first-order chi connectivity index (χ1) is 13.3. The molecule has 0 aliphatic carbocycles. The molecular formula is C21H27N5O2. The first-order valence-corrected chi connectivity index (χ1v) is 9.61. The number of hydrogen-bond acceptors (Lipinski definition) is 5. The molecule has 148 valence electrons. The molecular weight excluding hydrogens is 354 g/mol. The Kier molecular flexibility index (Phi) is 5.63. The maximum absolute atomic E-state index is 12.4. The Morgan fingerprint density at radius 1 is 1.21 bits per heavy atom. The Bertz CT molecular complexity index is 898. The molecule has 28 heavy (non-hydrogen) atoms. The number of fused-ring (bicyclic) bond motifs is 1. The first-order valence-electron chi connectivity index (χ1n) is 9.61. The lowest BCUT2D eigenvalue weighted by Gasteiger charge is -2.44. The lowest BCUT2D eigenvalue weighted by Crippen LogP contribution is -2.48. The second-order valence-corrected chi connectivity index (χ2v) is 7.27. The molecule has 0 bridgehead atoms. The van der Waals surface area contributed by atoms with Crippen LogP contribution in [0.2, 0.25) is 0 Å². The van der Waals surface area contributed by atoms with Crippen LogP contribution in [0.3, 0.4) is 0 Å². The van der Waals surface area contributed by atoms with Crippen molar-refractivity contribution in [1.82, 2.24) is 15.3 Å². The molecule has 1 aliphatic rings. The zero-order valence-electron chi connectivity index (χ0n) is 17.0. The van der Waals surface area contributed by atoms with Gasteiger partial charge in [0.15, 0.2) is 0 Å². The normalized spacial score (nSPS) is 21.0. The number of benzene rings is 1. The Morgan fingerprint density at radius 2 is 1.96 bits per heavy atom. The number of anilines is 2. The van der Waals surface area contributed by atoms with Crippen LogP contribution in [0, 0.1) is 12.8 Å². The largest absolute Gasteiger partial charge is 0.352 e. The van der Waals surface area contributed by atoms with E-state index in [0.717, 1.165) is 16.9 Å². The van der Waals surface area contributed by atoms with Crippen LogP contribution in [-0.2, 0) is 4.79 Å². The van der Waals surface area contributed by atoms with Crippen molar-refractivity contribution in [2.45, 2.75) is 46.7 Å². The van der Waals surface area contributed by atoms with Gasteiger partial charge in [0.1, 0.15) is 0 Å². The number of aryl methyl sites for hydroxylation is 1. The van der Waals surface area contributed by atoms with Gasteiger partial charge >= 0.3 is 0 Å². The van der Waals surface area contributed by atoms with Crippen LogP contribution in [-0.4, -0.2) is 34.4 Å². The van der Waals surface area contributed by atoms with Gasteiger partial charge in [0.05, 0.1) is 6.04 Å². The number of rotatable bonds is 4. The fourth-order valence-corrected chi connectivity index (χ4v) is 3.77. The van der Waals surface area contributed by atoms with E-state index in [1.807, 2.05) is 39.0 Å². The van der Waals surface area contributed by atoms with Crippen molar-refractivity contribution in [3.8, 4) is 0 Å². The lowest BCUT2D eigenvalue weighted by atomic mass is 9.82. The molecule has 7 nitrogen and oxygen atoms in total. The smallest absolute Gasteiger partial charge is 0.251 e. The highest BCUT2D eigenvalue weighted by Crippen LogP contribution is 2.42. The molecule has 7 heteroatoms. The number of amides is 2. The molecule has 3 rings (SSSR count). The summed E-state index contributed by atoms with van der Waals surface area (Å²) in [5.41, 5.74) is 3.16. The van der Waals surface area contributed by atoms with E-state index in [2.05, 4.69) is 27.5 Å². The molecule has 3 unspecified atom stereocenters. The van der Waals surface area contributed by atoms with Gasteiger partial charge in [-0.3, -0.25) is 9.59 Å². The second-order valence-electron chi connectivity index (χ2n) is 7.27. The third-order valence-electron chi connectivity index (χ3n) is 5.33. The van der Waals surface area contributed by atoms with E-state index in [1.165, 1.54) is 0 Å². The monoisotopic (exact) mass is 381 g/mol. The van der Waals surface area contributed by atoms with Crippen molar-refractivity contribution >= 4 is 23.5 Å². The summed E-state index contributed by atoms with van der Waals surface area (Å²) in [5, 5.41) is 6.25. The SMILES string of the molecule is CCNC(=O)c1ccc2c(c1)C(Nc1nccc(C)n1)C(C)C(C)N2C(C)=O. The van der Waals surface area contributed by atoms with Crippen molar-refractivity contribution < 1.29 is 9.59 Å². The Hall–Kier alpha value is -2.96. The second kappa shape index (κ2) is 7.96. The summed E-state index contributed by atoms with van der Waals surface area (Å²) < 4.78 is 0. The number of hydrogen-bond donors (Lipinski definition) is 2. The zero-order valence-corrected chi connectivity index (χ0v) is 17.0. The molecule has 0 radical (unpaired) electrons. The van der Waals surface area contributed by atoms with Gasteiger partial charge in [-0.05, 0) is 50.6 Å². The summed E-state index contributed by atoms with van der Waals surface area (Å²) in [6.45, 7) is 10.1. The summed E-state index contributed by atoms with van der Waals surface area (Å²) in [6, 6.07) is 7.19. The molecule has 2 N–H and O–H groups in total. The topological polar surface area (TPSA) is 87.2 Å². The quantitative estimate of drug-likeness (QED) is 0.850. The summed E-state index contributed by atoms with van der Waals surface area (Å²) >= 11 is 0. The van der Waals surface area contributed by atoms with E-state index < -0.39 is 0 Å². The van der Waals surface area contributed by atoms with Crippen LogP contribution >= 0.6 is 0 Å². The highest BCUT2D eigenvalue weighted by atomic mass is 16.2. The van der Waals surface area contributed by atoms with Gasteiger partial charge in [-0.2, -0.15) is 0 Å². The molecule has 0 spiro atoms. The Balaban J connectivity index is 2.09. The standard InChI is InChI=1S/C21H27N5O2/c1-6-22-20(28)16-7-8-18-17(11-16)19(13(3)14(4)26(18)15(5)27)25-21-23-10-9-12(2)24-21/h7-11,13-14,19H,6H2,1-5H3,(H,22,28)(H,23,24,25). The van der Waals surface area contributed by atoms with Crippen molar-refractivity contribution in [2.75, 3.05) is 16.8 Å². The summed E-state index contributed by atoms with van der Waals surface area (Å²) in [7, 11) is 0. The van der Waals surface area contributed by atoms with Gasteiger partial charge in [0.25, 0.3) is 5.91 Å². The zero-order chi connectivity index (χ0) is 20.4. The number of nitrogens with zero attached hydrogens (tertiary/aromatic N) is 3. The number of carbonyl (C=O) groups is 2. The molecule has 3 atom stereocenters. The van der Waals surface area contributed by atoms with Gasteiger partial charge in [-0.15, -0.1) is 0 Å². The summed E-state index contributed by atoms with van der Waals surface area (Å²) in [4.78, 5) is 35.3. The lowest BCUT2D eigenvalue weighted by molar-refractivity contribution is -0.117. The molecule has 2 amide bonds. The highest BCUT2D eigenvalue weighted by Gasteiger charge is 2.38. The van der Waals surface area contributed by atoms with Crippen LogP contribution in [0.15, 0.2) is 30.5 Å². The van der Waals surface area contributed by atoms with Crippen molar-refractivity contribution in [1.29, 1.82) is 0 Å². The van der Waals surface area contributed by atoms with Crippen molar-refractivity contribution in [2.24, 2.45) is 5.92 Å². The van der Waals surface area contributed by atoms with Gasteiger partial charge in [-0.25, -0.2) is 9.97 Å². The third-order valence-corrected chi connectivity index (χ3v) is 5.33. The van der Waals surface area contributed by atoms with Gasteiger partial charge in [-0.1, -0.05) is 6.92 Å². The summed E-state index contributed by atoms with van der Waals surface area (Å²) in [6.07, 6.45) is 1.72. The summed E-state index contributed by atoms with van der Waals surface area (Å²) in [5.74, 6) is 0.479. The molecule has 0 saturated carbocycles. The predicted octanol–water partition coefficient (Wildman–Crippen LogP) is 3.08. The van der Waals surface area contributed by atoms with Crippen molar-refractivity contribution in [3.63, 3.8) is 0 Å². The maximum atomic E-state index is 12.4. The van der Waals surface area contributed by atoms with E-state index in [4.69, 9.17) is 0 Å². The molecule has 0 fully saturated rings. The first kappa shape index (κ1) is 19.8. The minimum Gasteiger partial charge on any atom is -0.352 e. The molecule has 2 aromatic rings. The number of carbonyl (C=O) groups excluding carboxylic acids is 2. The predicted molar refractivity (Wildman–Crippen MR) is 109 cm³/mol. The molecule has 1 aromatic carbocycles.